The summed E-state index contributed by atoms with van der Waals surface area (Å²) in [6, 6.07) is 53.1. The summed E-state index contributed by atoms with van der Waals surface area (Å²) >= 11 is 0. The molecular weight excluding hydrogens is 520 g/mol. The normalized spacial score (nSPS) is 12.2. The molecule has 0 unspecified atom stereocenters. The number of benzene rings is 9. The van der Waals surface area contributed by atoms with Gasteiger partial charge in [0.15, 0.2) is 0 Å². The van der Waals surface area contributed by atoms with Gasteiger partial charge in [-0.2, -0.15) is 0 Å². The molecule has 0 aliphatic heterocycles. The van der Waals surface area contributed by atoms with Crippen LogP contribution in [0.1, 0.15) is 0 Å². The Morgan fingerprint density at radius 3 is 1.88 bits per heavy atom. The van der Waals surface area contributed by atoms with Gasteiger partial charge in [0, 0.05) is 16.3 Å². The predicted molar refractivity (Wildman–Crippen MR) is 183 cm³/mol. The van der Waals surface area contributed by atoms with Crippen LogP contribution in [-0.4, -0.2) is 0 Å². The minimum absolute atomic E-state index is 0.912. The summed E-state index contributed by atoms with van der Waals surface area (Å²) in [5.41, 5.74) is 6.62. The first kappa shape index (κ1) is 23.0. The summed E-state index contributed by atoms with van der Waals surface area (Å²) in [5.74, 6) is 0. The summed E-state index contributed by atoms with van der Waals surface area (Å²) in [6.07, 6.45) is 0. The van der Waals surface area contributed by atoms with Crippen molar-refractivity contribution in [2.75, 3.05) is 0 Å². The van der Waals surface area contributed by atoms with E-state index in [0.717, 1.165) is 27.5 Å². The number of rotatable bonds is 2. The van der Waals surface area contributed by atoms with Crippen molar-refractivity contribution in [3.8, 4) is 22.3 Å². The average Bonchev–Trinajstić information content (AvgIpc) is 3.45. The Bertz CT molecular complexity index is 2710. The molecule has 1 heteroatoms. The Hall–Kier alpha value is -5.66. The number of para-hydroxylation sites is 1. The highest BCUT2D eigenvalue weighted by atomic mass is 16.3. The Labute approximate surface area is 247 Å². The molecule has 0 spiro atoms. The van der Waals surface area contributed by atoms with Gasteiger partial charge in [0.25, 0.3) is 0 Å². The smallest absolute Gasteiger partial charge is 0.143 e. The minimum Gasteiger partial charge on any atom is -0.455 e. The molecule has 0 aliphatic carbocycles. The fourth-order valence-corrected chi connectivity index (χ4v) is 7.44. The molecule has 9 aromatic carbocycles. The molecule has 0 radical (unpaired) electrons. The molecule has 10 aromatic rings. The lowest BCUT2D eigenvalue weighted by Crippen LogP contribution is -1.87. The van der Waals surface area contributed by atoms with Crippen molar-refractivity contribution in [2.45, 2.75) is 0 Å². The van der Waals surface area contributed by atoms with E-state index in [9.17, 15) is 0 Å². The molecule has 1 heterocycles. The second kappa shape index (κ2) is 8.44. The second-order valence-electron chi connectivity index (χ2n) is 11.7. The average molecular weight is 545 g/mol. The van der Waals surface area contributed by atoms with Crippen molar-refractivity contribution in [1.82, 2.24) is 0 Å². The van der Waals surface area contributed by atoms with E-state index in [4.69, 9.17) is 4.42 Å². The van der Waals surface area contributed by atoms with Gasteiger partial charge in [0.1, 0.15) is 11.2 Å². The van der Waals surface area contributed by atoms with Crippen LogP contribution in [0.15, 0.2) is 150 Å². The Morgan fingerprint density at radius 1 is 0.326 bits per heavy atom. The molecule has 0 atom stereocenters. The first-order valence-corrected chi connectivity index (χ1v) is 14.8. The van der Waals surface area contributed by atoms with Gasteiger partial charge >= 0.3 is 0 Å². The standard InChI is InChI=1S/C42H24O/c1-2-9-30-25(6-1)16-21-34-32(30)10-4-11-33(34)36-12-5-13-37-38-24-29(19-23-39(38)43-42(36)37)31-20-17-28-15-14-26-7-3-8-27-18-22-35(31)41(28)40(26)27/h1-24H. The Kier molecular flexibility index (Phi) is 4.51. The third-order valence-corrected chi connectivity index (χ3v) is 9.41. The highest BCUT2D eigenvalue weighted by Crippen LogP contribution is 2.43. The van der Waals surface area contributed by atoms with E-state index in [0.29, 0.717) is 0 Å². The van der Waals surface area contributed by atoms with E-state index in [1.807, 2.05) is 0 Å². The van der Waals surface area contributed by atoms with Crippen molar-refractivity contribution >= 4 is 75.8 Å². The lowest BCUT2D eigenvalue weighted by atomic mass is 9.89. The van der Waals surface area contributed by atoms with Gasteiger partial charge in [0.05, 0.1) is 0 Å². The van der Waals surface area contributed by atoms with Crippen LogP contribution >= 0.6 is 0 Å². The zero-order chi connectivity index (χ0) is 28.1. The Morgan fingerprint density at radius 2 is 0.977 bits per heavy atom. The molecular formula is C42H24O. The fourth-order valence-electron chi connectivity index (χ4n) is 7.44. The molecule has 0 aliphatic rings. The highest BCUT2D eigenvalue weighted by Gasteiger charge is 2.17. The molecule has 0 fully saturated rings. The van der Waals surface area contributed by atoms with Crippen LogP contribution < -0.4 is 0 Å². The van der Waals surface area contributed by atoms with Gasteiger partial charge in [-0.3, -0.25) is 0 Å². The van der Waals surface area contributed by atoms with Crippen LogP contribution in [0.25, 0.3) is 98.1 Å². The fraction of sp³-hybridized carbons (Fsp3) is 0. The van der Waals surface area contributed by atoms with Gasteiger partial charge in [-0.1, -0.05) is 133 Å². The summed E-state index contributed by atoms with van der Waals surface area (Å²) < 4.78 is 6.65. The lowest BCUT2D eigenvalue weighted by Gasteiger charge is -2.14. The summed E-state index contributed by atoms with van der Waals surface area (Å²) in [6.45, 7) is 0. The van der Waals surface area contributed by atoms with E-state index < -0.39 is 0 Å². The van der Waals surface area contributed by atoms with Crippen molar-refractivity contribution in [3.05, 3.63) is 146 Å². The van der Waals surface area contributed by atoms with Crippen LogP contribution in [0.2, 0.25) is 0 Å². The van der Waals surface area contributed by atoms with Gasteiger partial charge < -0.3 is 4.42 Å². The zero-order valence-corrected chi connectivity index (χ0v) is 23.3. The van der Waals surface area contributed by atoms with Crippen molar-refractivity contribution < 1.29 is 4.42 Å². The van der Waals surface area contributed by atoms with Crippen LogP contribution in [0.4, 0.5) is 0 Å². The summed E-state index contributed by atoms with van der Waals surface area (Å²) in [7, 11) is 0. The maximum atomic E-state index is 6.65. The molecule has 43 heavy (non-hydrogen) atoms. The zero-order valence-electron chi connectivity index (χ0n) is 23.3. The lowest BCUT2D eigenvalue weighted by molar-refractivity contribution is 0.670. The van der Waals surface area contributed by atoms with Gasteiger partial charge in [-0.05, 0) is 82.7 Å². The molecule has 10 rings (SSSR count). The first-order valence-electron chi connectivity index (χ1n) is 14.8. The molecule has 1 aromatic heterocycles. The van der Waals surface area contributed by atoms with Crippen molar-refractivity contribution in [1.29, 1.82) is 0 Å². The summed E-state index contributed by atoms with van der Waals surface area (Å²) in [5, 5.41) is 15.2. The number of furan rings is 1. The highest BCUT2D eigenvalue weighted by molar-refractivity contribution is 6.26. The van der Waals surface area contributed by atoms with E-state index >= 15 is 0 Å². The molecule has 0 amide bonds. The number of hydrogen-bond acceptors (Lipinski definition) is 1. The third kappa shape index (κ3) is 3.17. The van der Waals surface area contributed by atoms with Crippen LogP contribution in [0.5, 0.6) is 0 Å². The third-order valence-electron chi connectivity index (χ3n) is 9.41. The monoisotopic (exact) mass is 544 g/mol. The molecule has 0 saturated heterocycles. The largest absolute Gasteiger partial charge is 0.455 e. The quantitative estimate of drug-likeness (QED) is 0.197. The second-order valence-corrected chi connectivity index (χ2v) is 11.7. The Balaban J connectivity index is 1.20. The first-order chi connectivity index (χ1) is 21.3. The van der Waals surface area contributed by atoms with E-state index in [2.05, 4.69) is 146 Å². The predicted octanol–water partition coefficient (Wildman–Crippen LogP) is 12.1. The van der Waals surface area contributed by atoms with Crippen LogP contribution in [0, 0.1) is 0 Å². The molecule has 0 bridgehead atoms. The van der Waals surface area contributed by atoms with E-state index in [1.54, 1.807) is 0 Å². The SMILES string of the molecule is c1ccc2c(c1)ccc1c(-c3cccc4c3oc3ccc(-c5ccc6ccc7cccc8ccc5c6c78)cc34)cccc12. The van der Waals surface area contributed by atoms with Crippen LogP contribution in [-0.2, 0) is 0 Å². The van der Waals surface area contributed by atoms with E-state index in [-0.39, 0.29) is 0 Å². The maximum absolute atomic E-state index is 6.65. The topological polar surface area (TPSA) is 13.1 Å². The molecule has 0 N–H and O–H groups in total. The summed E-state index contributed by atoms with van der Waals surface area (Å²) in [4.78, 5) is 0. The van der Waals surface area contributed by atoms with Gasteiger partial charge in [0.2, 0.25) is 0 Å². The van der Waals surface area contributed by atoms with Gasteiger partial charge in [-0.15, -0.1) is 0 Å². The van der Waals surface area contributed by atoms with Gasteiger partial charge in [-0.25, -0.2) is 0 Å². The molecule has 0 saturated carbocycles. The maximum Gasteiger partial charge on any atom is 0.143 e. The molecule has 1 nitrogen and oxygen atoms in total. The van der Waals surface area contributed by atoms with Crippen molar-refractivity contribution in [2.24, 2.45) is 0 Å². The molecule has 198 valence electrons. The van der Waals surface area contributed by atoms with Crippen molar-refractivity contribution in [3.63, 3.8) is 0 Å². The minimum atomic E-state index is 0.912. The van der Waals surface area contributed by atoms with E-state index in [1.165, 1.54) is 70.6 Å². The number of fused-ring (bicyclic) bond motifs is 6. The van der Waals surface area contributed by atoms with Crippen LogP contribution in [0.3, 0.4) is 0 Å². The number of hydrogen-bond donors (Lipinski definition) is 0.